The van der Waals surface area contributed by atoms with Gasteiger partial charge in [-0.15, -0.1) is 0 Å². The summed E-state index contributed by atoms with van der Waals surface area (Å²) in [5, 5.41) is 2.72. The zero-order valence-electron chi connectivity index (χ0n) is 17.6. The van der Waals surface area contributed by atoms with Crippen LogP contribution in [0.4, 0.5) is 5.69 Å². The van der Waals surface area contributed by atoms with Crippen LogP contribution in [0.2, 0.25) is 0 Å². The largest absolute Gasteiger partial charge is 0.493 e. The van der Waals surface area contributed by atoms with Crippen LogP contribution < -0.4 is 14.8 Å². The van der Waals surface area contributed by atoms with E-state index >= 15 is 0 Å². The summed E-state index contributed by atoms with van der Waals surface area (Å²) in [5.41, 5.74) is 2.24. The molecule has 0 aliphatic carbocycles. The van der Waals surface area contributed by atoms with Gasteiger partial charge in [0.15, 0.2) is 11.5 Å². The summed E-state index contributed by atoms with van der Waals surface area (Å²) in [6.45, 7) is 0.207. The first-order valence-corrected chi connectivity index (χ1v) is 9.94. The Hall–Kier alpha value is -4.20. The average molecular weight is 431 g/mol. The summed E-state index contributed by atoms with van der Waals surface area (Å²) in [6, 6.07) is 13.4. The number of ether oxygens (including phenoxy) is 2. The minimum absolute atomic E-state index is 0.207. The van der Waals surface area contributed by atoms with E-state index < -0.39 is 5.91 Å². The molecule has 4 rings (SSSR count). The van der Waals surface area contributed by atoms with Crippen molar-refractivity contribution in [1.82, 2.24) is 9.88 Å². The second-order valence-electron chi connectivity index (χ2n) is 7.16. The number of nitrogens with one attached hydrogen (secondary N) is 1. The number of anilines is 1. The van der Waals surface area contributed by atoms with Crippen LogP contribution in [0.5, 0.6) is 11.5 Å². The van der Waals surface area contributed by atoms with Crippen molar-refractivity contribution >= 4 is 23.4 Å². The van der Waals surface area contributed by atoms with Gasteiger partial charge in [0.1, 0.15) is 0 Å². The Bertz CT molecular complexity index is 1190. The van der Waals surface area contributed by atoms with Crippen LogP contribution >= 0.6 is 0 Å². The SMILES string of the molecule is COc1ccc(CCN2C(=O)c3ccc(C(=O)Nc4cccnc4)cc3C2=O)cc1OC. The highest BCUT2D eigenvalue weighted by Crippen LogP contribution is 2.29. The molecule has 2 aromatic carbocycles. The van der Waals surface area contributed by atoms with Crippen LogP contribution in [0.1, 0.15) is 36.6 Å². The molecule has 8 heteroatoms. The number of carbonyl (C=O) groups is 3. The molecule has 0 radical (unpaired) electrons. The Morgan fingerprint density at radius 1 is 0.969 bits per heavy atom. The van der Waals surface area contributed by atoms with Crippen molar-refractivity contribution in [2.24, 2.45) is 0 Å². The fourth-order valence-corrected chi connectivity index (χ4v) is 3.55. The number of methoxy groups -OCH3 is 2. The summed E-state index contributed by atoms with van der Waals surface area (Å²) in [7, 11) is 3.11. The zero-order valence-corrected chi connectivity index (χ0v) is 17.6. The van der Waals surface area contributed by atoms with Gasteiger partial charge in [-0.3, -0.25) is 24.3 Å². The Labute approximate surface area is 184 Å². The number of carbonyl (C=O) groups excluding carboxylic acids is 3. The number of pyridine rings is 1. The number of amides is 3. The van der Waals surface area contributed by atoms with Gasteiger partial charge < -0.3 is 14.8 Å². The lowest BCUT2D eigenvalue weighted by atomic mass is 10.1. The van der Waals surface area contributed by atoms with E-state index in [-0.39, 0.29) is 29.5 Å². The summed E-state index contributed by atoms with van der Waals surface area (Å²) in [4.78, 5) is 43.4. The third-order valence-electron chi connectivity index (χ3n) is 5.22. The molecule has 1 aromatic heterocycles. The monoisotopic (exact) mass is 431 g/mol. The molecule has 0 unspecified atom stereocenters. The molecule has 3 aromatic rings. The molecule has 2 heterocycles. The van der Waals surface area contributed by atoms with Crippen molar-refractivity contribution in [2.75, 3.05) is 26.1 Å². The molecule has 3 amide bonds. The molecule has 0 spiro atoms. The predicted octanol–water partition coefficient (Wildman–Crippen LogP) is 3.19. The molecule has 0 bridgehead atoms. The Morgan fingerprint density at radius 3 is 2.47 bits per heavy atom. The minimum Gasteiger partial charge on any atom is -0.493 e. The number of nitrogens with zero attached hydrogens (tertiary/aromatic N) is 2. The summed E-state index contributed by atoms with van der Waals surface area (Å²) in [6.07, 6.45) is 3.59. The Balaban J connectivity index is 1.48. The third kappa shape index (κ3) is 4.02. The molecule has 162 valence electrons. The van der Waals surface area contributed by atoms with Crippen molar-refractivity contribution in [3.8, 4) is 11.5 Å². The minimum atomic E-state index is -0.415. The smallest absolute Gasteiger partial charge is 0.261 e. The number of fused-ring (bicyclic) bond motifs is 1. The van der Waals surface area contributed by atoms with Gasteiger partial charge >= 0.3 is 0 Å². The first kappa shape index (κ1) is 21.0. The summed E-state index contributed by atoms with van der Waals surface area (Å²) < 4.78 is 10.5. The number of hydrogen-bond acceptors (Lipinski definition) is 6. The molecule has 0 saturated heterocycles. The fraction of sp³-hybridized carbons (Fsp3) is 0.167. The third-order valence-corrected chi connectivity index (χ3v) is 5.22. The fourth-order valence-electron chi connectivity index (χ4n) is 3.55. The molecule has 32 heavy (non-hydrogen) atoms. The van der Waals surface area contributed by atoms with Gasteiger partial charge in [-0.2, -0.15) is 0 Å². The maximum Gasteiger partial charge on any atom is 0.261 e. The first-order chi connectivity index (χ1) is 15.5. The van der Waals surface area contributed by atoms with E-state index in [0.29, 0.717) is 29.2 Å². The van der Waals surface area contributed by atoms with Gasteiger partial charge in [-0.1, -0.05) is 6.07 Å². The molecule has 1 aliphatic rings. The lowest BCUT2D eigenvalue weighted by molar-refractivity contribution is 0.0656. The molecule has 8 nitrogen and oxygen atoms in total. The van der Waals surface area contributed by atoms with Gasteiger partial charge in [0.05, 0.1) is 37.2 Å². The highest BCUT2D eigenvalue weighted by atomic mass is 16.5. The lowest BCUT2D eigenvalue weighted by Crippen LogP contribution is -2.31. The van der Waals surface area contributed by atoms with Crippen LogP contribution in [0.15, 0.2) is 60.9 Å². The van der Waals surface area contributed by atoms with Gasteiger partial charge in [0, 0.05) is 18.3 Å². The van der Waals surface area contributed by atoms with Crippen LogP contribution in [-0.4, -0.2) is 48.4 Å². The van der Waals surface area contributed by atoms with Crippen molar-refractivity contribution in [3.63, 3.8) is 0 Å². The predicted molar refractivity (Wildman–Crippen MR) is 117 cm³/mol. The number of hydrogen-bond donors (Lipinski definition) is 1. The molecule has 0 fully saturated rings. The summed E-state index contributed by atoms with van der Waals surface area (Å²) >= 11 is 0. The lowest BCUT2D eigenvalue weighted by Gasteiger charge is -2.14. The number of benzene rings is 2. The second kappa shape index (κ2) is 8.89. The van der Waals surface area contributed by atoms with Gasteiger partial charge in [-0.25, -0.2) is 0 Å². The van der Waals surface area contributed by atoms with Crippen LogP contribution in [0.25, 0.3) is 0 Å². The van der Waals surface area contributed by atoms with E-state index in [4.69, 9.17) is 9.47 Å². The van der Waals surface area contributed by atoms with E-state index in [1.165, 1.54) is 29.3 Å². The standard InChI is InChI=1S/C24H21N3O5/c1-31-20-8-5-15(12-21(20)32-2)9-11-27-23(29)18-7-6-16(13-19(18)24(27)30)22(28)26-17-4-3-10-25-14-17/h3-8,10,12-14H,9,11H2,1-2H3,(H,26,28). The van der Waals surface area contributed by atoms with Crippen molar-refractivity contribution < 1.29 is 23.9 Å². The summed E-state index contributed by atoms with van der Waals surface area (Å²) in [5.74, 6) is 0.0155. The number of aromatic nitrogens is 1. The zero-order chi connectivity index (χ0) is 22.7. The topological polar surface area (TPSA) is 97.8 Å². The Kier molecular flexibility index (Phi) is 5.85. The molecule has 0 saturated carbocycles. The van der Waals surface area contributed by atoms with Crippen molar-refractivity contribution in [2.45, 2.75) is 6.42 Å². The molecule has 1 N–H and O–H groups in total. The molecular weight excluding hydrogens is 410 g/mol. The average Bonchev–Trinajstić information content (AvgIpc) is 3.07. The Morgan fingerprint density at radius 2 is 1.75 bits per heavy atom. The van der Waals surface area contributed by atoms with Crippen LogP contribution in [-0.2, 0) is 6.42 Å². The highest BCUT2D eigenvalue weighted by molar-refractivity contribution is 6.22. The van der Waals surface area contributed by atoms with E-state index in [2.05, 4.69) is 10.3 Å². The van der Waals surface area contributed by atoms with Crippen LogP contribution in [0.3, 0.4) is 0 Å². The van der Waals surface area contributed by atoms with E-state index in [1.807, 2.05) is 12.1 Å². The normalized spacial score (nSPS) is 12.5. The van der Waals surface area contributed by atoms with Gasteiger partial charge in [0.25, 0.3) is 17.7 Å². The molecular formula is C24H21N3O5. The van der Waals surface area contributed by atoms with Crippen molar-refractivity contribution in [3.05, 3.63) is 83.2 Å². The van der Waals surface area contributed by atoms with E-state index in [0.717, 1.165) is 5.56 Å². The first-order valence-electron chi connectivity index (χ1n) is 9.94. The van der Waals surface area contributed by atoms with Gasteiger partial charge in [-0.05, 0) is 54.4 Å². The second-order valence-corrected chi connectivity index (χ2v) is 7.16. The van der Waals surface area contributed by atoms with Gasteiger partial charge in [0.2, 0.25) is 0 Å². The maximum atomic E-state index is 12.9. The molecule has 0 atom stereocenters. The number of imide groups is 1. The maximum absolute atomic E-state index is 12.9. The number of rotatable bonds is 7. The van der Waals surface area contributed by atoms with E-state index in [9.17, 15) is 14.4 Å². The molecule has 1 aliphatic heterocycles. The highest BCUT2D eigenvalue weighted by Gasteiger charge is 2.35. The van der Waals surface area contributed by atoms with Crippen LogP contribution in [0, 0.1) is 0 Å². The van der Waals surface area contributed by atoms with Crippen molar-refractivity contribution in [1.29, 1.82) is 0 Å². The van der Waals surface area contributed by atoms with E-state index in [1.54, 1.807) is 38.6 Å². The quantitative estimate of drug-likeness (QED) is 0.577.